The summed E-state index contributed by atoms with van der Waals surface area (Å²) in [5, 5.41) is 0.386. The summed E-state index contributed by atoms with van der Waals surface area (Å²) in [6, 6.07) is 0. The highest BCUT2D eigenvalue weighted by Gasteiger charge is 2.42. The first-order chi connectivity index (χ1) is 5.57. The van der Waals surface area contributed by atoms with Crippen LogP contribution in [0, 0.1) is 0 Å². The maximum absolute atomic E-state index is 11.7. The Morgan fingerprint density at radius 3 is 1.85 bits per heavy atom. The quantitative estimate of drug-likeness (QED) is 0.707. The van der Waals surface area contributed by atoms with E-state index in [2.05, 4.69) is 0 Å². The standard InChI is InChI=1S/C6H7ClF3NO2/c1-5(2,3(7)12)11-4(13)6(8,9)10/h1-2H3,(H,11,13). The molecule has 0 fully saturated rings. The van der Waals surface area contributed by atoms with Crippen LogP contribution in [0.25, 0.3) is 0 Å². The molecule has 0 aromatic rings. The van der Waals surface area contributed by atoms with Gasteiger partial charge in [-0.1, -0.05) is 0 Å². The molecule has 0 radical (unpaired) electrons. The lowest BCUT2D eigenvalue weighted by molar-refractivity contribution is -0.175. The number of carbonyl (C=O) groups is 2. The van der Waals surface area contributed by atoms with E-state index in [0.29, 0.717) is 0 Å². The van der Waals surface area contributed by atoms with Crippen molar-refractivity contribution in [3.8, 4) is 0 Å². The number of nitrogens with one attached hydrogen (secondary N) is 1. The number of rotatable bonds is 2. The molecule has 0 saturated heterocycles. The lowest BCUT2D eigenvalue weighted by atomic mass is 10.1. The van der Waals surface area contributed by atoms with Gasteiger partial charge < -0.3 is 5.32 Å². The second kappa shape index (κ2) is 3.53. The molecule has 0 aliphatic carbocycles. The molecule has 1 N–H and O–H groups in total. The molecule has 3 nitrogen and oxygen atoms in total. The Labute approximate surface area is 77.2 Å². The molecule has 0 bridgehead atoms. The highest BCUT2D eigenvalue weighted by atomic mass is 35.5. The van der Waals surface area contributed by atoms with Crippen LogP contribution in [-0.4, -0.2) is 22.9 Å². The van der Waals surface area contributed by atoms with E-state index >= 15 is 0 Å². The number of carbonyl (C=O) groups excluding carboxylic acids is 2. The summed E-state index contributed by atoms with van der Waals surface area (Å²) in [4.78, 5) is 20.8. The molecule has 0 aromatic carbocycles. The monoisotopic (exact) mass is 217 g/mol. The van der Waals surface area contributed by atoms with Gasteiger partial charge in [0, 0.05) is 0 Å². The Balaban J connectivity index is 4.47. The summed E-state index contributed by atoms with van der Waals surface area (Å²) < 4.78 is 35.0. The molecule has 0 unspecified atom stereocenters. The van der Waals surface area contributed by atoms with Crippen molar-refractivity contribution in [3.63, 3.8) is 0 Å². The van der Waals surface area contributed by atoms with E-state index < -0.39 is 22.9 Å². The van der Waals surface area contributed by atoms with Crippen molar-refractivity contribution in [2.24, 2.45) is 0 Å². The van der Waals surface area contributed by atoms with E-state index in [9.17, 15) is 22.8 Å². The molecular weight excluding hydrogens is 211 g/mol. The predicted octanol–water partition coefficient (Wildman–Crippen LogP) is 1.21. The summed E-state index contributed by atoms with van der Waals surface area (Å²) in [7, 11) is 0. The predicted molar refractivity (Wildman–Crippen MR) is 39.1 cm³/mol. The summed E-state index contributed by atoms with van der Waals surface area (Å²) in [6.45, 7) is 2.15. The summed E-state index contributed by atoms with van der Waals surface area (Å²) in [5.74, 6) is -2.19. The van der Waals surface area contributed by atoms with Gasteiger partial charge in [0.25, 0.3) is 0 Å². The van der Waals surface area contributed by atoms with Crippen LogP contribution in [0.4, 0.5) is 13.2 Å². The smallest absolute Gasteiger partial charge is 0.335 e. The number of hydrogen-bond donors (Lipinski definition) is 1. The first-order valence-corrected chi connectivity index (χ1v) is 3.54. The fourth-order valence-electron chi connectivity index (χ4n) is 0.404. The number of amides is 1. The number of halogens is 4. The van der Waals surface area contributed by atoms with Gasteiger partial charge in [-0.15, -0.1) is 0 Å². The van der Waals surface area contributed by atoms with Gasteiger partial charge in [0.05, 0.1) is 0 Å². The van der Waals surface area contributed by atoms with E-state index in [-0.39, 0.29) is 0 Å². The maximum Gasteiger partial charge on any atom is 0.471 e. The van der Waals surface area contributed by atoms with Crippen LogP contribution in [0.3, 0.4) is 0 Å². The summed E-state index contributed by atoms with van der Waals surface area (Å²) >= 11 is 4.94. The molecule has 0 aromatic heterocycles. The van der Waals surface area contributed by atoms with E-state index in [4.69, 9.17) is 11.6 Å². The third-order valence-corrected chi connectivity index (χ3v) is 1.65. The Bertz CT molecular complexity index is 237. The van der Waals surface area contributed by atoms with Crippen LogP contribution in [-0.2, 0) is 9.59 Å². The van der Waals surface area contributed by atoms with Gasteiger partial charge in [0.15, 0.2) is 0 Å². The van der Waals surface area contributed by atoms with Gasteiger partial charge in [0.2, 0.25) is 5.24 Å². The molecule has 0 atom stereocenters. The van der Waals surface area contributed by atoms with Crippen LogP contribution in [0.15, 0.2) is 0 Å². The van der Waals surface area contributed by atoms with Gasteiger partial charge in [-0.2, -0.15) is 13.2 Å². The van der Waals surface area contributed by atoms with Gasteiger partial charge in [-0.3, -0.25) is 9.59 Å². The number of hydrogen-bond acceptors (Lipinski definition) is 2. The average molecular weight is 218 g/mol. The molecule has 76 valence electrons. The van der Waals surface area contributed by atoms with Gasteiger partial charge in [-0.25, -0.2) is 0 Å². The molecule has 0 aliphatic heterocycles. The van der Waals surface area contributed by atoms with Crippen molar-refractivity contribution in [3.05, 3.63) is 0 Å². The average Bonchev–Trinajstić information content (AvgIpc) is 1.83. The minimum atomic E-state index is -5.01. The van der Waals surface area contributed by atoms with Crippen LogP contribution in [0.5, 0.6) is 0 Å². The topological polar surface area (TPSA) is 46.2 Å². The zero-order valence-electron chi connectivity index (χ0n) is 6.83. The second-order valence-corrected chi connectivity index (χ2v) is 3.19. The highest BCUT2D eigenvalue weighted by molar-refractivity contribution is 6.65. The van der Waals surface area contributed by atoms with Crippen molar-refractivity contribution in [2.45, 2.75) is 25.6 Å². The fourth-order valence-corrected chi connectivity index (χ4v) is 0.451. The second-order valence-electron chi connectivity index (χ2n) is 2.85. The van der Waals surface area contributed by atoms with Crippen LogP contribution < -0.4 is 5.32 Å². The van der Waals surface area contributed by atoms with Crippen molar-refractivity contribution in [2.75, 3.05) is 0 Å². The Hall–Kier alpha value is -0.780. The third-order valence-electron chi connectivity index (χ3n) is 1.17. The first kappa shape index (κ1) is 12.2. The Kier molecular flexibility index (Phi) is 3.32. The largest absolute Gasteiger partial charge is 0.471 e. The molecule has 0 spiro atoms. The molecule has 13 heavy (non-hydrogen) atoms. The Morgan fingerprint density at radius 2 is 1.62 bits per heavy atom. The molecule has 0 heterocycles. The van der Waals surface area contributed by atoms with E-state index in [1.54, 1.807) is 0 Å². The van der Waals surface area contributed by atoms with E-state index in [1.807, 2.05) is 0 Å². The normalized spacial score (nSPS) is 12.5. The summed E-state index contributed by atoms with van der Waals surface area (Å²) in [6.07, 6.45) is -5.01. The minimum absolute atomic E-state index is 1.06. The number of alkyl halides is 3. The SMILES string of the molecule is CC(C)(NC(=O)C(F)(F)F)C(=O)Cl. The lowest BCUT2D eigenvalue weighted by Gasteiger charge is -2.21. The van der Waals surface area contributed by atoms with E-state index in [0.717, 1.165) is 13.8 Å². The van der Waals surface area contributed by atoms with Crippen LogP contribution in [0.2, 0.25) is 0 Å². The minimum Gasteiger partial charge on any atom is -0.335 e. The Morgan fingerprint density at radius 1 is 1.23 bits per heavy atom. The molecule has 1 amide bonds. The lowest BCUT2D eigenvalue weighted by Crippen LogP contribution is -2.52. The highest BCUT2D eigenvalue weighted by Crippen LogP contribution is 2.17. The third kappa shape index (κ3) is 3.63. The van der Waals surface area contributed by atoms with Gasteiger partial charge >= 0.3 is 12.1 Å². The van der Waals surface area contributed by atoms with Crippen molar-refractivity contribution in [1.82, 2.24) is 5.32 Å². The molecular formula is C6H7ClF3NO2. The molecule has 0 rings (SSSR count). The fraction of sp³-hybridized carbons (Fsp3) is 0.667. The zero-order chi connectivity index (χ0) is 10.9. The zero-order valence-corrected chi connectivity index (χ0v) is 7.58. The molecule has 0 aliphatic rings. The van der Waals surface area contributed by atoms with Crippen LogP contribution >= 0.6 is 11.6 Å². The first-order valence-electron chi connectivity index (χ1n) is 3.16. The molecule has 0 saturated carbocycles. The van der Waals surface area contributed by atoms with Crippen molar-refractivity contribution < 1.29 is 22.8 Å². The van der Waals surface area contributed by atoms with Crippen molar-refractivity contribution >= 4 is 22.8 Å². The van der Waals surface area contributed by atoms with Crippen molar-refractivity contribution in [1.29, 1.82) is 0 Å². The van der Waals surface area contributed by atoms with Gasteiger partial charge in [-0.05, 0) is 25.4 Å². The molecule has 7 heteroatoms. The van der Waals surface area contributed by atoms with Gasteiger partial charge in [0.1, 0.15) is 5.54 Å². The van der Waals surface area contributed by atoms with E-state index in [1.165, 1.54) is 5.32 Å². The van der Waals surface area contributed by atoms with Crippen LogP contribution in [0.1, 0.15) is 13.8 Å². The summed E-state index contributed by atoms with van der Waals surface area (Å²) in [5.41, 5.74) is -1.71. The maximum atomic E-state index is 11.7.